The van der Waals surface area contributed by atoms with Crippen LogP contribution in [0.2, 0.25) is 0 Å². The first kappa shape index (κ1) is 18.0. The van der Waals surface area contributed by atoms with Crippen LogP contribution in [-0.2, 0) is 4.79 Å². The van der Waals surface area contributed by atoms with E-state index >= 15 is 0 Å². The Kier molecular flexibility index (Phi) is 4.98. The highest BCUT2D eigenvalue weighted by atomic mass is 16.5. The Morgan fingerprint density at radius 1 is 0.962 bits per heavy atom. The van der Waals surface area contributed by atoms with E-state index in [2.05, 4.69) is 0 Å². The zero-order valence-corrected chi connectivity index (χ0v) is 15.7. The molecule has 1 unspecified atom stereocenters. The van der Waals surface area contributed by atoms with Crippen LogP contribution in [0.3, 0.4) is 0 Å². The van der Waals surface area contributed by atoms with E-state index in [1.54, 1.807) is 11.8 Å². The molecule has 0 bridgehead atoms. The lowest BCUT2D eigenvalue weighted by Crippen LogP contribution is -2.36. The first-order chi connectivity index (χ1) is 12.4. The fourth-order valence-corrected chi connectivity index (χ4v) is 3.08. The average Bonchev–Trinajstić information content (AvgIpc) is 2.82. The van der Waals surface area contributed by atoms with Crippen LogP contribution in [-0.4, -0.2) is 36.0 Å². The van der Waals surface area contributed by atoms with Gasteiger partial charge >= 0.3 is 6.03 Å². The van der Waals surface area contributed by atoms with Crippen molar-refractivity contribution in [1.29, 1.82) is 0 Å². The fourth-order valence-electron chi connectivity index (χ4n) is 3.08. The van der Waals surface area contributed by atoms with E-state index in [0.717, 1.165) is 28.1 Å². The van der Waals surface area contributed by atoms with Crippen LogP contribution < -0.4 is 9.64 Å². The van der Waals surface area contributed by atoms with Crippen molar-refractivity contribution in [3.05, 3.63) is 59.2 Å². The monoisotopic (exact) mass is 352 g/mol. The van der Waals surface area contributed by atoms with Gasteiger partial charge in [0.1, 0.15) is 18.4 Å². The summed E-state index contributed by atoms with van der Waals surface area (Å²) in [6.07, 6.45) is 0. The smallest absolute Gasteiger partial charge is 0.332 e. The molecule has 5 heteroatoms. The number of anilines is 1. The van der Waals surface area contributed by atoms with Crippen LogP contribution in [0.4, 0.5) is 10.5 Å². The Hall–Kier alpha value is -2.82. The summed E-state index contributed by atoms with van der Waals surface area (Å²) in [5.74, 6) is 0.590. The SMILES string of the molecule is Cc1ccc(N2C(=O)N(CCOc3cc(C)ccc3C)C(=O)C2C)cc1. The Bertz CT molecular complexity index is 830. The number of benzene rings is 2. The summed E-state index contributed by atoms with van der Waals surface area (Å²) in [5.41, 5.74) is 3.99. The van der Waals surface area contributed by atoms with Crippen LogP contribution in [0, 0.1) is 20.8 Å². The predicted molar refractivity (Wildman–Crippen MR) is 102 cm³/mol. The number of rotatable bonds is 5. The Balaban J connectivity index is 1.68. The van der Waals surface area contributed by atoms with E-state index in [1.165, 1.54) is 4.90 Å². The minimum atomic E-state index is -0.508. The lowest BCUT2D eigenvalue weighted by molar-refractivity contribution is -0.127. The van der Waals surface area contributed by atoms with E-state index in [-0.39, 0.29) is 25.1 Å². The second-order valence-corrected chi connectivity index (χ2v) is 6.77. The number of carbonyl (C=O) groups excluding carboxylic acids is 2. The second-order valence-electron chi connectivity index (χ2n) is 6.77. The van der Waals surface area contributed by atoms with Gasteiger partial charge in [-0.1, -0.05) is 29.8 Å². The highest BCUT2D eigenvalue weighted by molar-refractivity contribution is 6.14. The minimum Gasteiger partial charge on any atom is -0.491 e. The predicted octanol–water partition coefficient (Wildman–Crippen LogP) is 3.85. The molecule has 1 heterocycles. The lowest BCUT2D eigenvalue weighted by Gasteiger charge is -2.19. The van der Waals surface area contributed by atoms with Crippen molar-refractivity contribution in [2.24, 2.45) is 0 Å². The van der Waals surface area contributed by atoms with Gasteiger partial charge in [0.15, 0.2) is 0 Å². The highest BCUT2D eigenvalue weighted by Crippen LogP contribution is 2.26. The summed E-state index contributed by atoms with van der Waals surface area (Å²) in [5, 5.41) is 0. The molecule has 2 aromatic carbocycles. The van der Waals surface area contributed by atoms with Crippen LogP contribution >= 0.6 is 0 Å². The summed E-state index contributed by atoms with van der Waals surface area (Å²) in [6, 6.07) is 12.8. The number of imide groups is 1. The van der Waals surface area contributed by atoms with Gasteiger partial charge < -0.3 is 4.74 Å². The summed E-state index contributed by atoms with van der Waals surface area (Å²) in [6.45, 7) is 8.23. The topological polar surface area (TPSA) is 49.9 Å². The largest absolute Gasteiger partial charge is 0.491 e. The zero-order valence-electron chi connectivity index (χ0n) is 15.7. The molecule has 1 fully saturated rings. The van der Waals surface area contributed by atoms with Gasteiger partial charge in [-0.2, -0.15) is 0 Å². The van der Waals surface area contributed by atoms with E-state index < -0.39 is 6.04 Å². The molecule has 0 N–H and O–H groups in total. The van der Waals surface area contributed by atoms with Gasteiger partial charge in [-0.25, -0.2) is 4.79 Å². The molecule has 1 aliphatic rings. The van der Waals surface area contributed by atoms with Crippen LogP contribution in [0.5, 0.6) is 5.75 Å². The number of nitrogens with zero attached hydrogens (tertiary/aromatic N) is 2. The maximum atomic E-state index is 12.8. The van der Waals surface area contributed by atoms with Gasteiger partial charge in [-0.05, 0) is 57.0 Å². The molecule has 136 valence electrons. The van der Waals surface area contributed by atoms with Crippen molar-refractivity contribution in [2.45, 2.75) is 33.7 Å². The van der Waals surface area contributed by atoms with Gasteiger partial charge in [-0.3, -0.25) is 14.6 Å². The maximum Gasteiger partial charge on any atom is 0.332 e. The van der Waals surface area contributed by atoms with Crippen molar-refractivity contribution in [3.63, 3.8) is 0 Å². The van der Waals surface area contributed by atoms with E-state index in [9.17, 15) is 9.59 Å². The molecule has 0 aliphatic carbocycles. The van der Waals surface area contributed by atoms with Crippen LogP contribution in [0.1, 0.15) is 23.6 Å². The van der Waals surface area contributed by atoms with Gasteiger partial charge in [0.05, 0.1) is 6.54 Å². The van der Waals surface area contributed by atoms with Gasteiger partial charge in [0.25, 0.3) is 5.91 Å². The Labute approximate surface area is 154 Å². The molecular weight excluding hydrogens is 328 g/mol. The summed E-state index contributed by atoms with van der Waals surface area (Å²) < 4.78 is 5.80. The molecule has 3 amide bonds. The molecule has 1 atom stereocenters. The van der Waals surface area contributed by atoms with Crippen molar-refractivity contribution in [3.8, 4) is 5.75 Å². The van der Waals surface area contributed by atoms with Crippen molar-refractivity contribution in [1.82, 2.24) is 4.90 Å². The number of aryl methyl sites for hydroxylation is 3. The quantitative estimate of drug-likeness (QED) is 0.768. The van der Waals surface area contributed by atoms with Gasteiger partial charge in [-0.15, -0.1) is 0 Å². The third-order valence-electron chi connectivity index (χ3n) is 4.68. The Morgan fingerprint density at radius 3 is 2.31 bits per heavy atom. The van der Waals surface area contributed by atoms with Gasteiger partial charge in [0, 0.05) is 5.69 Å². The number of carbonyl (C=O) groups is 2. The first-order valence-corrected chi connectivity index (χ1v) is 8.80. The normalized spacial score (nSPS) is 17.2. The van der Waals surface area contributed by atoms with Crippen molar-refractivity contribution in [2.75, 3.05) is 18.1 Å². The second kappa shape index (κ2) is 7.20. The Morgan fingerprint density at radius 2 is 1.62 bits per heavy atom. The van der Waals surface area contributed by atoms with Crippen molar-refractivity contribution >= 4 is 17.6 Å². The first-order valence-electron chi connectivity index (χ1n) is 8.80. The molecule has 1 saturated heterocycles. The lowest BCUT2D eigenvalue weighted by atomic mass is 10.1. The van der Waals surface area contributed by atoms with Crippen LogP contribution in [0.25, 0.3) is 0 Å². The van der Waals surface area contributed by atoms with Gasteiger partial charge in [0.2, 0.25) is 0 Å². The van der Waals surface area contributed by atoms with E-state index in [1.807, 2.05) is 63.2 Å². The molecule has 26 heavy (non-hydrogen) atoms. The molecule has 0 spiro atoms. The molecule has 2 aromatic rings. The zero-order chi connectivity index (χ0) is 18.8. The highest BCUT2D eigenvalue weighted by Gasteiger charge is 2.43. The number of urea groups is 1. The van der Waals surface area contributed by atoms with E-state index in [4.69, 9.17) is 4.74 Å². The molecule has 5 nitrogen and oxygen atoms in total. The molecular formula is C21H24N2O3. The van der Waals surface area contributed by atoms with Crippen molar-refractivity contribution < 1.29 is 14.3 Å². The molecule has 0 radical (unpaired) electrons. The fraction of sp³-hybridized carbons (Fsp3) is 0.333. The standard InChI is InChI=1S/C21H24N2O3/c1-14-6-9-18(10-7-14)23-17(4)20(24)22(21(23)25)11-12-26-19-13-15(2)5-8-16(19)3/h5-10,13,17H,11-12H2,1-4H3. The maximum absolute atomic E-state index is 12.8. The van der Waals surface area contributed by atoms with E-state index in [0.29, 0.717) is 0 Å². The number of hydrogen-bond acceptors (Lipinski definition) is 3. The summed E-state index contributed by atoms with van der Waals surface area (Å²) in [4.78, 5) is 28.1. The number of hydrogen-bond donors (Lipinski definition) is 0. The van der Waals surface area contributed by atoms with Crippen LogP contribution in [0.15, 0.2) is 42.5 Å². The molecule has 1 aliphatic heterocycles. The molecule has 3 rings (SSSR count). The summed E-state index contributed by atoms with van der Waals surface area (Å²) in [7, 11) is 0. The number of amides is 3. The summed E-state index contributed by atoms with van der Waals surface area (Å²) >= 11 is 0. The molecule has 0 saturated carbocycles. The average molecular weight is 352 g/mol. The third-order valence-corrected chi connectivity index (χ3v) is 4.68. The number of ether oxygens (including phenoxy) is 1. The molecule has 0 aromatic heterocycles. The minimum absolute atomic E-state index is 0.194. The third kappa shape index (κ3) is 3.43.